The van der Waals surface area contributed by atoms with Gasteiger partial charge in [0.15, 0.2) is 0 Å². The molecule has 5 heteroatoms. The molecule has 1 heterocycles. The number of amides is 1. The molecule has 0 aromatic heterocycles. The first kappa shape index (κ1) is 23.3. The lowest BCUT2D eigenvalue weighted by molar-refractivity contribution is -0.131. The van der Waals surface area contributed by atoms with Crippen LogP contribution in [0.15, 0.2) is 42.5 Å². The third kappa shape index (κ3) is 6.31. The van der Waals surface area contributed by atoms with Gasteiger partial charge in [0.05, 0.1) is 12.6 Å². The Labute approximate surface area is 186 Å². The largest absolute Gasteiger partial charge is 0.508 e. The molecule has 2 unspecified atom stereocenters. The number of hydrogen-bond acceptors (Lipinski definition) is 4. The number of rotatable bonds is 7. The molecule has 0 saturated heterocycles. The van der Waals surface area contributed by atoms with Crippen molar-refractivity contribution in [2.75, 3.05) is 26.7 Å². The zero-order valence-corrected chi connectivity index (χ0v) is 19.2. The van der Waals surface area contributed by atoms with Crippen molar-refractivity contribution in [1.29, 1.82) is 0 Å². The number of nitrogens with zero attached hydrogens (tertiary/aromatic N) is 2. The average Bonchev–Trinajstić information content (AvgIpc) is 2.86. The van der Waals surface area contributed by atoms with Gasteiger partial charge < -0.3 is 15.1 Å². The third-order valence-electron chi connectivity index (χ3n) is 6.16. The van der Waals surface area contributed by atoms with Gasteiger partial charge >= 0.3 is 0 Å². The van der Waals surface area contributed by atoms with Gasteiger partial charge in [-0.1, -0.05) is 51.1 Å². The molecule has 2 atom stereocenters. The summed E-state index contributed by atoms with van der Waals surface area (Å²) in [5.41, 5.74) is 4.25. The average molecular weight is 425 g/mol. The first-order chi connectivity index (χ1) is 14.7. The van der Waals surface area contributed by atoms with Gasteiger partial charge in [-0.15, -0.1) is 0 Å². The highest BCUT2D eigenvalue weighted by Gasteiger charge is 2.24. The second-order valence-corrected chi connectivity index (χ2v) is 9.41. The molecular formula is C26H36N2O3. The van der Waals surface area contributed by atoms with Crippen LogP contribution < -0.4 is 0 Å². The number of β-amino-alcohol motifs (C(OH)–C–C–N with tert-alkyl or cyclic N) is 1. The summed E-state index contributed by atoms with van der Waals surface area (Å²) in [4.78, 5) is 16.7. The van der Waals surface area contributed by atoms with Crippen molar-refractivity contribution >= 4 is 5.91 Å². The number of fused-ring (bicyclic) bond motifs is 1. The van der Waals surface area contributed by atoms with Crippen molar-refractivity contribution in [3.05, 3.63) is 64.7 Å². The van der Waals surface area contributed by atoms with Crippen molar-refractivity contribution < 1.29 is 15.0 Å². The first-order valence-corrected chi connectivity index (χ1v) is 11.3. The Hall–Kier alpha value is -2.37. The predicted octanol–water partition coefficient (Wildman–Crippen LogP) is 4.09. The number of phenolic OH excluding ortho intramolecular Hbond substituents is 1. The number of aromatic hydroxyl groups is 1. The lowest BCUT2D eigenvalue weighted by Gasteiger charge is -2.25. The molecule has 0 radical (unpaired) electrons. The van der Waals surface area contributed by atoms with E-state index in [0.717, 1.165) is 23.1 Å². The van der Waals surface area contributed by atoms with Crippen molar-refractivity contribution in [1.82, 2.24) is 9.80 Å². The summed E-state index contributed by atoms with van der Waals surface area (Å²) in [6.45, 7) is 8.69. The van der Waals surface area contributed by atoms with Gasteiger partial charge in [-0.25, -0.2) is 0 Å². The number of aliphatic hydroxyl groups excluding tert-OH is 1. The van der Waals surface area contributed by atoms with Crippen LogP contribution in [0.3, 0.4) is 0 Å². The number of carbonyl (C=O) groups is 1. The van der Waals surface area contributed by atoms with E-state index in [4.69, 9.17) is 0 Å². The van der Waals surface area contributed by atoms with Crippen LogP contribution in [0.25, 0.3) is 0 Å². The quantitative estimate of drug-likeness (QED) is 0.703. The van der Waals surface area contributed by atoms with Crippen LogP contribution in [-0.4, -0.2) is 52.6 Å². The molecule has 1 aliphatic rings. The fraction of sp³-hybridized carbons (Fsp3) is 0.500. The second-order valence-electron chi connectivity index (χ2n) is 9.41. The summed E-state index contributed by atoms with van der Waals surface area (Å²) in [5.74, 6) is 1.41. The summed E-state index contributed by atoms with van der Waals surface area (Å²) >= 11 is 0. The SMILES string of the molecule is CC(C)CC(C)c1cccc(CN(C)C(=O)CN2CCc3cc(O)ccc3C(O)C2)c1. The summed E-state index contributed by atoms with van der Waals surface area (Å²) in [7, 11) is 1.84. The fourth-order valence-electron chi connectivity index (χ4n) is 4.51. The number of hydrogen-bond donors (Lipinski definition) is 2. The predicted molar refractivity (Wildman–Crippen MR) is 124 cm³/mol. The van der Waals surface area contributed by atoms with E-state index < -0.39 is 6.10 Å². The summed E-state index contributed by atoms with van der Waals surface area (Å²) in [6, 6.07) is 13.6. The molecule has 2 aromatic rings. The Morgan fingerprint density at radius 2 is 1.97 bits per heavy atom. The summed E-state index contributed by atoms with van der Waals surface area (Å²) in [5, 5.41) is 20.3. The monoisotopic (exact) mass is 424 g/mol. The maximum atomic E-state index is 12.9. The van der Waals surface area contributed by atoms with Crippen molar-refractivity contribution in [2.24, 2.45) is 5.92 Å². The highest BCUT2D eigenvalue weighted by atomic mass is 16.3. The van der Waals surface area contributed by atoms with Crippen LogP contribution in [0.2, 0.25) is 0 Å². The number of likely N-dealkylation sites (N-methyl/N-ethyl adjacent to an activating group) is 1. The van der Waals surface area contributed by atoms with Crippen LogP contribution >= 0.6 is 0 Å². The molecule has 0 spiro atoms. The molecule has 168 valence electrons. The normalized spacial score (nSPS) is 17.8. The van der Waals surface area contributed by atoms with Crippen LogP contribution in [0, 0.1) is 5.92 Å². The van der Waals surface area contributed by atoms with Gasteiger partial charge in [-0.3, -0.25) is 9.69 Å². The number of phenols is 1. The number of benzene rings is 2. The van der Waals surface area contributed by atoms with E-state index in [1.165, 1.54) is 5.56 Å². The van der Waals surface area contributed by atoms with Gasteiger partial charge in [-0.05, 0) is 59.1 Å². The zero-order valence-electron chi connectivity index (χ0n) is 19.2. The smallest absolute Gasteiger partial charge is 0.236 e. The van der Waals surface area contributed by atoms with Gasteiger partial charge in [0.1, 0.15) is 5.75 Å². The Balaban J connectivity index is 1.59. The topological polar surface area (TPSA) is 64.0 Å². The molecule has 0 fully saturated rings. The van der Waals surface area contributed by atoms with Gasteiger partial charge in [0, 0.05) is 26.7 Å². The van der Waals surface area contributed by atoms with E-state index in [9.17, 15) is 15.0 Å². The minimum absolute atomic E-state index is 0.0432. The number of aliphatic hydroxyl groups is 1. The van der Waals surface area contributed by atoms with E-state index in [1.54, 1.807) is 23.1 Å². The van der Waals surface area contributed by atoms with E-state index in [2.05, 4.69) is 45.0 Å². The fourth-order valence-corrected chi connectivity index (χ4v) is 4.51. The highest BCUT2D eigenvalue weighted by Crippen LogP contribution is 2.27. The number of carbonyl (C=O) groups excluding carboxylic acids is 1. The van der Waals surface area contributed by atoms with E-state index in [1.807, 2.05) is 11.9 Å². The first-order valence-electron chi connectivity index (χ1n) is 11.3. The van der Waals surface area contributed by atoms with Crippen LogP contribution in [0.4, 0.5) is 0 Å². The lowest BCUT2D eigenvalue weighted by atomic mass is 9.91. The maximum absolute atomic E-state index is 12.9. The Morgan fingerprint density at radius 3 is 2.71 bits per heavy atom. The lowest BCUT2D eigenvalue weighted by Crippen LogP contribution is -2.40. The van der Waals surface area contributed by atoms with E-state index in [-0.39, 0.29) is 18.2 Å². The van der Waals surface area contributed by atoms with Crippen LogP contribution in [-0.2, 0) is 17.8 Å². The van der Waals surface area contributed by atoms with E-state index >= 15 is 0 Å². The molecule has 3 rings (SSSR count). The Morgan fingerprint density at radius 1 is 1.19 bits per heavy atom. The highest BCUT2D eigenvalue weighted by molar-refractivity contribution is 5.78. The molecule has 2 aromatic carbocycles. The van der Waals surface area contributed by atoms with Crippen molar-refractivity contribution in [3.8, 4) is 5.75 Å². The second kappa shape index (κ2) is 10.3. The van der Waals surface area contributed by atoms with Gasteiger partial charge in [0.2, 0.25) is 5.91 Å². The Bertz CT molecular complexity index is 896. The third-order valence-corrected chi connectivity index (χ3v) is 6.16. The summed E-state index contributed by atoms with van der Waals surface area (Å²) in [6.07, 6.45) is 1.19. The van der Waals surface area contributed by atoms with E-state index in [0.29, 0.717) is 37.9 Å². The van der Waals surface area contributed by atoms with Gasteiger partial charge in [-0.2, -0.15) is 0 Å². The van der Waals surface area contributed by atoms with Crippen molar-refractivity contribution in [2.45, 2.75) is 52.2 Å². The standard InChI is InChI=1S/C26H36N2O3/c1-18(2)12-19(3)21-7-5-6-20(13-21)15-27(4)26(31)17-28-11-10-22-14-23(29)8-9-24(22)25(30)16-28/h5-9,13-14,18-19,25,29-30H,10-12,15-17H2,1-4H3. The molecular weight excluding hydrogens is 388 g/mol. The molecule has 1 amide bonds. The molecule has 2 N–H and O–H groups in total. The molecule has 5 nitrogen and oxygen atoms in total. The van der Waals surface area contributed by atoms with Gasteiger partial charge in [0.25, 0.3) is 0 Å². The molecule has 0 aliphatic carbocycles. The molecule has 1 aliphatic heterocycles. The van der Waals surface area contributed by atoms with Crippen molar-refractivity contribution in [3.63, 3.8) is 0 Å². The Kier molecular flexibility index (Phi) is 7.74. The molecule has 0 bridgehead atoms. The van der Waals surface area contributed by atoms with Crippen LogP contribution in [0.1, 0.15) is 61.5 Å². The summed E-state index contributed by atoms with van der Waals surface area (Å²) < 4.78 is 0. The maximum Gasteiger partial charge on any atom is 0.236 e. The molecule has 31 heavy (non-hydrogen) atoms. The minimum Gasteiger partial charge on any atom is -0.508 e. The zero-order chi connectivity index (χ0) is 22.5. The molecule has 0 saturated carbocycles. The minimum atomic E-state index is -0.657. The van der Waals surface area contributed by atoms with Crippen LogP contribution in [0.5, 0.6) is 5.75 Å².